The fourth-order valence-corrected chi connectivity index (χ4v) is 3.02. The third kappa shape index (κ3) is 2.62. The van der Waals surface area contributed by atoms with Crippen molar-refractivity contribution in [2.24, 2.45) is 11.7 Å². The summed E-state index contributed by atoms with van der Waals surface area (Å²) in [7, 11) is 2.09. The second-order valence-corrected chi connectivity index (χ2v) is 5.39. The van der Waals surface area contributed by atoms with Crippen LogP contribution in [-0.4, -0.2) is 34.7 Å². The first-order chi connectivity index (χ1) is 9.78. The van der Waals surface area contributed by atoms with Crippen molar-refractivity contribution in [3.05, 3.63) is 24.3 Å². The van der Waals surface area contributed by atoms with Crippen LogP contribution in [0, 0.1) is 5.92 Å². The fraction of sp³-hybridized carbons (Fsp3) is 0.571. The molecule has 2 unspecified atom stereocenters. The highest BCUT2D eigenvalue weighted by Crippen LogP contribution is 2.29. The predicted octanol–water partition coefficient (Wildman–Crippen LogP) is 1.89. The molecule has 0 spiro atoms. The number of aromatic nitrogens is 2. The van der Waals surface area contributed by atoms with Crippen molar-refractivity contribution in [3.63, 3.8) is 0 Å². The van der Waals surface area contributed by atoms with Crippen LogP contribution in [-0.2, 0) is 6.54 Å². The zero-order chi connectivity index (χ0) is 13.9. The standard InChI is InChI=1S/C14H20N4O2/c1-18(11-5-2-4-10(11)8-15)9-13-16-17-14(20-13)12-6-3-7-19-12/h3,6-7,10-11H,2,4-5,8-9,15H2,1H3. The summed E-state index contributed by atoms with van der Waals surface area (Å²) in [5, 5.41) is 8.10. The summed E-state index contributed by atoms with van der Waals surface area (Å²) in [6.07, 6.45) is 5.25. The van der Waals surface area contributed by atoms with Gasteiger partial charge in [-0.3, -0.25) is 4.90 Å². The Morgan fingerprint density at radius 1 is 1.40 bits per heavy atom. The molecular weight excluding hydrogens is 256 g/mol. The highest BCUT2D eigenvalue weighted by Gasteiger charge is 2.30. The molecule has 6 nitrogen and oxygen atoms in total. The van der Waals surface area contributed by atoms with Crippen molar-refractivity contribution in [1.29, 1.82) is 0 Å². The molecule has 0 aliphatic heterocycles. The third-order valence-electron chi connectivity index (χ3n) is 4.07. The van der Waals surface area contributed by atoms with E-state index in [2.05, 4.69) is 22.1 Å². The van der Waals surface area contributed by atoms with Gasteiger partial charge in [0.25, 0.3) is 5.89 Å². The van der Waals surface area contributed by atoms with Crippen molar-refractivity contribution in [2.75, 3.05) is 13.6 Å². The van der Waals surface area contributed by atoms with Crippen molar-refractivity contribution < 1.29 is 8.83 Å². The zero-order valence-electron chi connectivity index (χ0n) is 11.7. The van der Waals surface area contributed by atoms with Crippen LogP contribution in [0.4, 0.5) is 0 Å². The summed E-state index contributed by atoms with van der Waals surface area (Å²) in [5.41, 5.74) is 5.83. The summed E-state index contributed by atoms with van der Waals surface area (Å²) in [6, 6.07) is 4.12. The Morgan fingerprint density at radius 2 is 2.30 bits per heavy atom. The Kier molecular flexibility index (Phi) is 3.84. The van der Waals surface area contributed by atoms with Gasteiger partial charge in [0, 0.05) is 6.04 Å². The molecule has 2 atom stereocenters. The summed E-state index contributed by atoms with van der Waals surface area (Å²) < 4.78 is 10.9. The molecule has 2 heterocycles. The van der Waals surface area contributed by atoms with Crippen molar-refractivity contribution in [3.8, 4) is 11.7 Å². The quantitative estimate of drug-likeness (QED) is 0.898. The largest absolute Gasteiger partial charge is 0.459 e. The lowest BCUT2D eigenvalue weighted by atomic mass is 10.0. The zero-order valence-corrected chi connectivity index (χ0v) is 11.7. The maximum Gasteiger partial charge on any atom is 0.283 e. The number of nitrogens with two attached hydrogens (primary N) is 1. The Labute approximate surface area is 117 Å². The summed E-state index contributed by atoms with van der Waals surface area (Å²) in [6.45, 7) is 1.39. The SMILES string of the molecule is CN(Cc1nnc(-c2ccco2)o1)C1CCCC1CN. The minimum Gasteiger partial charge on any atom is -0.459 e. The molecule has 0 radical (unpaired) electrons. The number of rotatable bonds is 5. The van der Waals surface area contributed by atoms with E-state index in [0.29, 0.717) is 36.0 Å². The number of hydrogen-bond acceptors (Lipinski definition) is 6. The van der Waals surface area contributed by atoms with E-state index in [1.807, 2.05) is 6.07 Å². The van der Waals surface area contributed by atoms with E-state index in [1.54, 1.807) is 12.3 Å². The second-order valence-electron chi connectivity index (χ2n) is 5.39. The van der Waals surface area contributed by atoms with Crippen LogP contribution in [0.1, 0.15) is 25.2 Å². The van der Waals surface area contributed by atoms with E-state index < -0.39 is 0 Å². The topological polar surface area (TPSA) is 81.3 Å². The van der Waals surface area contributed by atoms with Gasteiger partial charge in [0.15, 0.2) is 5.76 Å². The van der Waals surface area contributed by atoms with Gasteiger partial charge < -0.3 is 14.6 Å². The van der Waals surface area contributed by atoms with Gasteiger partial charge in [0.05, 0.1) is 12.8 Å². The van der Waals surface area contributed by atoms with E-state index in [1.165, 1.54) is 19.3 Å². The highest BCUT2D eigenvalue weighted by molar-refractivity contribution is 5.42. The normalized spacial score (nSPS) is 22.8. The number of furan rings is 1. The molecule has 0 amide bonds. The Morgan fingerprint density at radius 3 is 3.05 bits per heavy atom. The Balaban J connectivity index is 1.66. The first-order valence-electron chi connectivity index (χ1n) is 7.04. The maximum atomic E-state index is 5.83. The molecule has 1 aliphatic carbocycles. The number of nitrogens with zero attached hydrogens (tertiary/aromatic N) is 3. The van der Waals surface area contributed by atoms with E-state index in [0.717, 1.165) is 6.54 Å². The third-order valence-corrected chi connectivity index (χ3v) is 4.07. The van der Waals surface area contributed by atoms with Gasteiger partial charge in [-0.1, -0.05) is 6.42 Å². The van der Waals surface area contributed by atoms with Crippen LogP contribution in [0.5, 0.6) is 0 Å². The summed E-state index contributed by atoms with van der Waals surface area (Å²) >= 11 is 0. The van der Waals surface area contributed by atoms with Crippen molar-refractivity contribution in [1.82, 2.24) is 15.1 Å². The van der Waals surface area contributed by atoms with E-state index in [4.69, 9.17) is 14.6 Å². The van der Waals surface area contributed by atoms with Crippen LogP contribution >= 0.6 is 0 Å². The summed E-state index contributed by atoms with van der Waals surface area (Å²) in [5.74, 6) is 2.22. The van der Waals surface area contributed by atoms with Gasteiger partial charge in [-0.05, 0) is 44.5 Å². The maximum absolute atomic E-state index is 5.83. The molecular formula is C14H20N4O2. The van der Waals surface area contributed by atoms with Crippen LogP contribution < -0.4 is 5.73 Å². The molecule has 2 aromatic rings. The van der Waals surface area contributed by atoms with Gasteiger partial charge in [-0.15, -0.1) is 10.2 Å². The molecule has 2 aromatic heterocycles. The van der Waals surface area contributed by atoms with Crippen molar-refractivity contribution >= 4 is 0 Å². The first kappa shape index (κ1) is 13.3. The monoisotopic (exact) mass is 276 g/mol. The minimum atomic E-state index is 0.431. The van der Waals surface area contributed by atoms with Gasteiger partial charge in [-0.25, -0.2) is 0 Å². The van der Waals surface area contributed by atoms with E-state index >= 15 is 0 Å². The lowest BCUT2D eigenvalue weighted by Gasteiger charge is -2.27. The fourth-order valence-electron chi connectivity index (χ4n) is 3.02. The molecule has 20 heavy (non-hydrogen) atoms. The molecule has 0 aromatic carbocycles. The molecule has 1 saturated carbocycles. The lowest BCUT2D eigenvalue weighted by Crippen LogP contribution is -2.37. The average Bonchev–Trinajstić information content (AvgIpc) is 3.19. The molecule has 0 bridgehead atoms. The molecule has 108 valence electrons. The summed E-state index contributed by atoms with van der Waals surface area (Å²) in [4.78, 5) is 2.27. The molecule has 6 heteroatoms. The van der Waals surface area contributed by atoms with E-state index in [-0.39, 0.29) is 0 Å². The number of hydrogen-bond donors (Lipinski definition) is 1. The predicted molar refractivity (Wildman–Crippen MR) is 73.7 cm³/mol. The average molecular weight is 276 g/mol. The Bertz CT molecular complexity index is 537. The molecule has 0 saturated heterocycles. The minimum absolute atomic E-state index is 0.431. The van der Waals surface area contributed by atoms with Gasteiger partial charge >= 0.3 is 0 Å². The van der Waals surface area contributed by atoms with Gasteiger partial charge in [0.2, 0.25) is 5.89 Å². The van der Waals surface area contributed by atoms with E-state index in [9.17, 15) is 0 Å². The van der Waals surface area contributed by atoms with Gasteiger partial charge in [0.1, 0.15) is 0 Å². The van der Waals surface area contributed by atoms with Crippen molar-refractivity contribution in [2.45, 2.75) is 31.8 Å². The van der Waals surface area contributed by atoms with Crippen LogP contribution in [0.3, 0.4) is 0 Å². The second kappa shape index (κ2) is 5.76. The lowest BCUT2D eigenvalue weighted by molar-refractivity contribution is 0.177. The molecule has 2 N–H and O–H groups in total. The molecule has 1 aliphatic rings. The molecule has 3 rings (SSSR count). The molecule has 1 fully saturated rings. The first-order valence-corrected chi connectivity index (χ1v) is 7.04. The smallest absolute Gasteiger partial charge is 0.283 e. The van der Waals surface area contributed by atoms with Crippen LogP contribution in [0.25, 0.3) is 11.7 Å². The highest BCUT2D eigenvalue weighted by atomic mass is 16.4. The Hall–Kier alpha value is -1.66. The van der Waals surface area contributed by atoms with Crippen LogP contribution in [0.15, 0.2) is 27.2 Å². The van der Waals surface area contributed by atoms with Gasteiger partial charge in [-0.2, -0.15) is 0 Å². The van der Waals surface area contributed by atoms with Crippen LogP contribution in [0.2, 0.25) is 0 Å².